The van der Waals surface area contributed by atoms with Gasteiger partial charge in [-0.3, -0.25) is 0 Å². The number of hydrogen-bond acceptors (Lipinski definition) is 1. The van der Waals surface area contributed by atoms with Crippen LogP contribution < -0.4 is 0 Å². The molecule has 0 bridgehead atoms. The third kappa shape index (κ3) is 42.9. The average Bonchev–Trinajstić information content (AvgIpc) is 0.811. The van der Waals surface area contributed by atoms with Gasteiger partial charge in [0.1, 0.15) is 0 Å². The number of carboxylic acid groups (broad SMARTS) is 2. The molecule has 3 nitrogen and oxygen atoms in total. The standard InChI is InChI=1S/CH2O3.Ba.Ca.Sr.6H/c2-1(3)4;;;;;;;;;/h(H2,2,3,4);;;;;;;;;. The number of rotatable bonds is 0. The Hall–Kier alpha value is 3.58. The third-order valence-corrected chi connectivity index (χ3v) is 0. The van der Waals surface area contributed by atoms with Gasteiger partial charge in [-0.25, -0.2) is 4.79 Å². The molecule has 7 heavy (non-hydrogen) atoms. The normalized spacial score (nSPS) is 3.43. The van der Waals surface area contributed by atoms with Crippen molar-refractivity contribution < 1.29 is 15.0 Å². The van der Waals surface area contributed by atoms with Crippen LogP contribution in [0.25, 0.3) is 0 Å². The van der Waals surface area contributed by atoms with Crippen LogP contribution in [0.4, 0.5) is 4.79 Å². The Morgan fingerprint density at radius 2 is 1.29 bits per heavy atom. The summed E-state index contributed by atoms with van der Waals surface area (Å²) in [6.07, 6.45) is -1.83. The molecule has 0 saturated carbocycles. The molecule has 0 fully saturated rings. The molecule has 0 unspecified atom stereocenters. The van der Waals surface area contributed by atoms with E-state index in [4.69, 9.17) is 15.0 Å². The van der Waals surface area contributed by atoms with Crippen LogP contribution >= 0.6 is 0 Å². The van der Waals surface area contributed by atoms with E-state index in [1.54, 1.807) is 0 Å². The van der Waals surface area contributed by atoms with Gasteiger partial charge in [0.25, 0.3) is 0 Å². The van der Waals surface area contributed by atoms with Gasteiger partial charge in [0.2, 0.25) is 0 Å². The van der Waals surface area contributed by atoms with Crippen LogP contribution in [0.15, 0.2) is 0 Å². The quantitative estimate of drug-likeness (QED) is 0.481. The first-order valence-electron chi connectivity index (χ1n) is 0.651. The Morgan fingerprint density at radius 1 is 1.29 bits per heavy atom. The molecule has 0 aromatic heterocycles. The molecular weight excluding hydrogens is 325 g/mol. The molecule has 0 aliphatic heterocycles. The monoisotopic (exact) mass is 334 g/mol. The molecule has 36 valence electrons. The Balaban J connectivity index is -0.0000000150. The van der Waals surface area contributed by atoms with Crippen LogP contribution in [0.5, 0.6) is 0 Å². The van der Waals surface area contributed by atoms with Gasteiger partial charge in [-0.1, -0.05) is 0 Å². The summed E-state index contributed by atoms with van der Waals surface area (Å²) < 4.78 is 0. The van der Waals surface area contributed by atoms with Crippen molar-refractivity contribution in [2.24, 2.45) is 0 Å². The molecule has 0 aromatic rings. The zero-order valence-corrected chi connectivity index (χ0v) is 1.80. The fourth-order valence-corrected chi connectivity index (χ4v) is 0. The molecule has 0 aliphatic carbocycles. The Labute approximate surface area is 149 Å². The SMILES string of the molecule is O=C(O)O.[BaH2].[CaH2].[SrH2]. The van der Waals surface area contributed by atoms with Crippen molar-refractivity contribution in [3.05, 3.63) is 0 Å². The summed E-state index contributed by atoms with van der Waals surface area (Å²) in [7, 11) is 0. The Bertz CT molecular complexity index is 37.9. The van der Waals surface area contributed by atoms with Crippen LogP contribution in [0.3, 0.4) is 0 Å². The van der Waals surface area contributed by atoms with Crippen molar-refractivity contribution in [3.8, 4) is 0 Å². The molecule has 0 aromatic carbocycles. The van der Waals surface area contributed by atoms with Crippen LogP contribution in [0.2, 0.25) is 0 Å². The Kier molecular flexibility index (Phi) is 52.2. The van der Waals surface area contributed by atoms with E-state index in [1.807, 2.05) is 0 Å². The summed E-state index contributed by atoms with van der Waals surface area (Å²) in [4.78, 5) is 8.56. The van der Waals surface area contributed by atoms with Crippen molar-refractivity contribution in [2.45, 2.75) is 0 Å². The van der Waals surface area contributed by atoms with E-state index in [-0.39, 0.29) is 132 Å². The zero-order chi connectivity index (χ0) is 3.58. The van der Waals surface area contributed by atoms with E-state index in [0.717, 1.165) is 0 Å². The molecule has 0 spiro atoms. The van der Waals surface area contributed by atoms with Crippen molar-refractivity contribution in [3.63, 3.8) is 0 Å². The summed E-state index contributed by atoms with van der Waals surface area (Å²) in [5.74, 6) is 0. The van der Waals surface area contributed by atoms with Crippen LogP contribution in [-0.4, -0.2) is 148 Å². The van der Waals surface area contributed by atoms with Gasteiger partial charge >= 0.3 is 138 Å². The van der Waals surface area contributed by atoms with E-state index in [1.165, 1.54) is 0 Å². The predicted octanol–water partition coefficient (Wildman–Crippen LogP) is -2.53. The summed E-state index contributed by atoms with van der Waals surface area (Å²) in [6.45, 7) is 0. The maximum atomic E-state index is 8.56. The second-order valence-corrected chi connectivity index (χ2v) is 0.283. The molecule has 0 saturated heterocycles. The van der Waals surface area contributed by atoms with E-state index in [9.17, 15) is 0 Å². The average molecular weight is 333 g/mol. The fraction of sp³-hybridized carbons (Fsp3) is 0. The van der Waals surface area contributed by atoms with Crippen LogP contribution in [-0.2, 0) is 0 Å². The topological polar surface area (TPSA) is 57.5 Å². The first-order chi connectivity index (χ1) is 1.73. The summed E-state index contributed by atoms with van der Waals surface area (Å²) in [5.41, 5.74) is 0. The van der Waals surface area contributed by atoms with Crippen molar-refractivity contribution in [1.29, 1.82) is 0 Å². The second kappa shape index (κ2) is 16.3. The predicted molar refractivity (Wildman–Crippen MR) is 36.3 cm³/mol. The molecule has 0 rings (SSSR count). The molecule has 2 N–H and O–H groups in total. The maximum absolute atomic E-state index is 8.56. The summed E-state index contributed by atoms with van der Waals surface area (Å²) in [5, 5.41) is 13.9. The minimum absolute atomic E-state index is 0. The van der Waals surface area contributed by atoms with Gasteiger partial charge in [-0.05, 0) is 0 Å². The van der Waals surface area contributed by atoms with Gasteiger partial charge in [0.15, 0.2) is 0 Å². The van der Waals surface area contributed by atoms with E-state index in [2.05, 4.69) is 0 Å². The van der Waals surface area contributed by atoms with E-state index >= 15 is 0 Å². The van der Waals surface area contributed by atoms with Gasteiger partial charge in [0, 0.05) is 0 Å². The van der Waals surface area contributed by atoms with E-state index < -0.39 is 6.16 Å². The van der Waals surface area contributed by atoms with Crippen molar-refractivity contribution in [1.82, 2.24) is 0 Å². The van der Waals surface area contributed by atoms with Crippen LogP contribution in [0.1, 0.15) is 0 Å². The summed E-state index contributed by atoms with van der Waals surface area (Å²) in [6, 6.07) is 0. The van der Waals surface area contributed by atoms with Gasteiger partial charge in [0.05, 0.1) is 0 Å². The molecule has 0 radical (unpaired) electrons. The molecule has 0 atom stereocenters. The minimum atomic E-state index is -1.83. The molecule has 0 heterocycles. The second-order valence-electron chi connectivity index (χ2n) is 0.283. The molecule has 6 heteroatoms. The fourth-order valence-electron chi connectivity index (χ4n) is 0. The van der Waals surface area contributed by atoms with Crippen molar-refractivity contribution >= 4 is 138 Å². The number of hydrogen-bond donors (Lipinski definition) is 2. The first kappa shape index (κ1) is 22.4. The van der Waals surface area contributed by atoms with Gasteiger partial charge < -0.3 is 10.2 Å². The van der Waals surface area contributed by atoms with Gasteiger partial charge in [-0.15, -0.1) is 0 Å². The third-order valence-electron chi connectivity index (χ3n) is 0. The molecule has 0 amide bonds. The van der Waals surface area contributed by atoms with Gasteiger partial charge in [-0.2, -0.15) is 0 Å². The Morgan fingerprint density at radius 3 is 1.29 bits per heavy atom. The molecule has 0 aliphatic rings. The van der Waals surface area contributed by atoms with Crippen molar-refractivity contribution in [2.75, 3.05) is 0 Å². The number of carbonyl (C=O) groups is 1. The van der Waals surface area contributed by atoms with Crippen LogP contribution in [0, 0.1) is 0 Å². The summed E-state index contributed by atoms with van der Waals surface area (Å²) >= 11 is 0. The first-order valence-corrected chi connectivity index (χ1v) is 0.651. The van der Waals surface area contributed by atoms with E-state index in [0.29, 0.717) is 0 Å². The molecular formula is CH8BaCaO3Sr. The zero-order valence-electron chi connectivity index (χ0n) is 1.80.